The number of hydrogen-bond acceptors (Lipinski definition) is 3. The molecule has 0 saturated carbocycles. The molecule has 0 atom stereocenters. The van der Waals surface area contributed by atoms with Crippen LogP contribution in [0, 0.1) is 6.92 Å². The average molecular weight is 334 g/mol. The monoisotopic (exact) mass is 333 g/mol. The Morgan fingerprint density at radius 1 is 1.26 bits per heavy atom. The van der Waals surface area contributed by atoms with E-state index in [1.165, 1.54) is 0 Å². The van der Waals surface area contributed by atoms with Crippen LogP contribution in [-0.4, -0.2) is 17.7 Å². The third-order valence-electron chi connectivity index (χ3n) is 3.43. The van der Waals surface area contributed by atoms with Crippen LogP contribution in [-0.2, 0) is 6.54 Å². The number of aryl methyl sites for hydroxylation is 1. The van der Waals surface area contributed by atoms with Gasteiger partial charge < -0.3 is 15.2 Å². The number of anilines is 1. The molecule has 2 rings (SSSR count). The van der Waals surface area contributed by atoms with Gasteiger partial charge in [0.25, 0.3) is 0 Å². The molecule has 0 heterocycles. The molecule has 4 nitrogen and oxygen atoms in total. The van der Waals surface area contributed by atoms with Crippen LogP contribution in [0.3, 0.4) is 0 Å². The van der Waals surface area contributed by atoms with Crippen LogP contribution in [0.1, 0.15) is 34.8 Å². The van der Waals surface area contributed by atoms with Gasteiger partial charge in [-0.25, -0.2) is 4.79 Å². The minimum absolute atomic E-state index is 0.263. The Balaban J connectivity index is 2.07. The van der Waals surface area contributed by atoms with E-state index in [0.29, 0.717) is 23.9 Å². The Morgan fingerprint density at radius 2 is 2.04 bits per heavy atom. The third-order valence-corrected chi connectivity index (χ3v) is 3.72. The van der Waals surface area contributed by atoms with Crippen molar-refractivity contribution in [3.63, 3.8) is 0 Å². The first kappa shape index (κ1) is 17.2. The number of nitrogens with one attached hydrogen (secondary N) is 1. The largest absolute Gasteiger partial charge is 0.492 e. The molecular formula is C18H20ClNO3. The van der Waals surface area contributed by atoms with E-state index >= 15 is 0 Å². The second-order valence-electron chi connectivity index (χ2n) is 5.30. The first-order valence-corrected chi connectivity index (χ1v) is 7.88. The fourth-order valence-electron chi connectivity index (χ4n) is 2.13. The van der Waals surface area contributed by atoms with E-state index in [9.17, 15) is 4.79 Å². The number of ether oxygens (including phenoxy) is 1. The highest BCUT2D eigenvalue weighted by Gasteiger charge is 2.07. The summed E-state index contributed by atoms with van der Waals surface area (Å²) in [5, 5.41) is 12.9. The molecule has 0 unspecified atom stereocenters. The van der Waals surface area contributed by atoms with Gasteiger partial charge >= 0.3 is 5.97 Å². The van der Waals surface area contributed by atoms with Crippen LogP contribution in [0.15, 0.2) is 36.4 Å². The third kappa shape index (κ3) is 4.63. The number of carboxylic acids is 1. The Bertz CT molecular complexity index is 701. The highest BCUT2D eigenvalue weighted by atomic mass is 35.5. The molecule has 0 aliphatic rings. The molecule has 0 aliphatic carbocycles. The predicted octanol–water partition coefficient (Wildman–Crippen LogP) is 4.75. The Kier molecular flexibility index (Phi) is 5.88. The molecule has 0 fully saturated rings. The first-order chi connectivity index (χ1) is 11.0. The van der Waals surface area contributed by atoms with Gasteiger partial charge in [0.05, 0.1) is 17.2 Å². The lowest BCUT2D eigenvalue weighted by molar-refractivity contribution is 0.0697. The number of halogens is 1. The van der Waals surface area contributed by atoms with Crippen LogP contribution >= 0.6 is 11.6 Å². The highest BCUT2D eigenvalue weighted by Crippen LogP contribution is 2.26. The summed E-state index contributed by atoms with van der Waals surface area (Å²) in [5.74, 6) is -0.255. The Morgan fingerprint density at radius 3 is 2.70 bits per heavy atom. The molecule has 23 heavy (non-hydrogen) atoms. The van der Waals surface area contributed by atoms with Gasteiger partial charge in [0.15, 0.2) is 0 Å². The lowest BCUT2D eigenvalue weighted by atomic mass is 10.1. The smallest absolute Gasteiger partial charge is 0.335 e. The van der Waals surface area contributed by atoms with Crippen molar-refractivity contribution in [1.29, 1.82) is 0 Å². The fraction of sp³-hybridized carbons (Fsp3) is 0.278. The van der Waals surface area contributed by atoms with E-state index < -0.39 is 5.97 Å². The molecular weight excluding hydrogens is 314 g/mol. The second-order valence-corrected chi connectivity index (χ2v) is 5.71. The molecule has 0 radical (unpaired) electrons. The van der Waals surface area contributed by atoms with Crippen LogP contribution in [0.2, 0.25) is 5.02 Å². The van der Waals surface area contributed by atoms with Crippen molar-refractivity contribution in [1.82, 2.24) is 0 Å². The van der Waals surface area contributed by atoms with Crippen molar-refractivity contribution in [3.8, 4) is 5.75 Å². The molecule has 2 aromatic carbocycles. The van der Waals surface area contributed by atoms with Gasteiger partial charge in [-0.05, 0) is 48.7 Å². The number of aromatic carboxylic acids is 1. The summed E-state index contributed by atoms with van der Waals surface area (Å²) in [6.45, 7) is 5.17. The van der Waals surface area contributed by atoms with E-state index in [1.54, 1.807) is 18.2 Å². The zero-order valence-corrected chi connectivity index (χ0v) is 14.0. The topological polar surface area (TPSA) is 58.6 Å². The maximum Gasteiger partial charge on any atom is 0.335 e. The summed E-state index contributed by atoms with van der Waals surface area (Å²) in [6.07, 6.45) is 0.929. The van der Waals surface area contributed by atoms with Crippen molar-refractivity contribution in [2.45, 2.75) is 26.8 Å². The molecule has 2 aromatic rings. The van der Waals surface area contributed by atoms with Gasteiger partial charge in [0.1, 0.15) is 5.75 Å². The van der Waals surface area contributed by atoms with Crippen LogP contribution in [0.4, 0.5) is 5.69 Å². The quantitative estimate of drug-likeness (QED) is 0.767. The standard InChI is InChI=1S/C18H20ClNO3/c1-3-8-23-17-7-5-13(9-15(17)19)11-20-16-10-14(18(21)22)6-4-12(16)2/h4-7,9-10,20H,3,8,11H2,1-2H3,(H,21,22). The van der Waals surface area contributed by atoms with Crippen LogP contribution in [0.25, 0.3) is 0 Å². The van der Waals surface area contributed by atoms with E-state index in [4.69, 9.17) is 21.4 Å². The molecule has 0 spiro atoms. The zero-order chi connectivity index (χ0) is 16.8. The number of benzene rings is 2. The minimum Gasteiger partial charge on any atom is -0.492 e. The highest BCUT2D eigenvalue weighted by molar-refractivity contribution is 6.32. The summed E-state index contributed by atoms with van der Waals surface area (Å²) in [7, 11) is 0. The second kappa shape index (κ2) is 7.88. The normalized spacial score (nSPS) is 10.4. The molecule has 2 N–H and O–H groups in total. The minimum atomic E-state index is -0.937. The summed E-state index contributed by atoms with van der Waals surface area (Å²) < 4.78 is 5.55. The van der Waals surface area contributed by atoms with E-state index in [0.717, 1.165) is 23.2 Å². The van der Waals surface area contributed by atoms with Gasteiger partial charge in [-0.3, -0.25) is 0 Å². The summed E-state index contributed by atoms with van der Waals surface area (Å²) in [5.41, 5.74) is 3.05. The SMILES string of the molecule is CCCOc1ccc(CNc2cc(C(=O)O)ccc2C)cc1Cl. The lowest BCUT2D eigenvalue weighted by Crippen LogP contribution is -2.04. The molecule has 0 bridgehead atoms. The average Bonchev–Trinajstić information content (AvgIpc) is 2.53. The summed E-state index contributed by atoms with van der Waals surface area (Å²) in [6, 6.07) is 10.7. The van der Waals surface area contributed by atoms with E-state index in [2.05, 4.69) is 5.32 Å². The van der Waals surface area contributed by atoms with Gasteiger partial charge in [0, 0.05) is 12.2 Å². The van der Waals surface area contributed by atoms with Crippen LogP contribution < -0.4 is 10.1 Å². The van der Waals surface area contributed by atoms with Crippen molar-refractivity contribution in [2.24, 2.45) is 0 Å². The maximum absolute atomic E-state index is 11.0. The molecule has 5 heteroatoms. The summed E-state index contributed by atoms with van der Waals surface area (Å²) >= 11 is 6.21. The molecule has 122 valence electrons. The zero-order valence-electron chi connectivity index (χ0n) is 13.2. The van der Waals surface area contributed by atoms with Crippen LogP contribution in [0.5, 0.6) is 5.75 Å². The van der Waals surface area contributed by atoms with Crippen molar-refractivity contribution >= 4 is 23.3 Å². The number of carbonyl (C=O) groups is 1. The number of rotatable bonds is 7. The predicted molar refractivity (Wildman–Crippen MR) is 92.7 cm³/mol. The fourth-order valence-corrected chi connectivity index (χ4v) is 2.38. The van der Waals surface area contributed by atoms with E-state index in [1.807, 2.05) is 32.0 Å². The molecule has 0 aliphatic heterocycles. The van der Waals surface area contributed by atoms with Crippen molar-refractivity contribution in [2.75, 3.05) is 11.9 Å². The Labute approximate surface area is 141 Å². The van der Waals surface area contributed by atoms with Crippen molar-refractivity contribution < 1.29 is 14.6 Å². The van der Waals surface area contributed by atoms with Gasteiger partial charge in [-0.15, -0.1) is 0 Å². The number of hydrogen-bond donors (Lipinski definition) is 2. The summed E-state index contributed by atoms with van der Waals surface area (Å²) in [4.78, 5) is 11.0. The van der Waals surface area contributed by atoms with Crippen molar-refractivity contribution in [3.05, 3.63) is 58.1 Å². The van der Waals surface area contributed by atoms with Gasteiger partial charge in [-0.1, -0.05) is 30.7 Å². The van der Waals surface area contributed by atoms with Gasteiger partial charge in [0.2, 0.25) is 0 Å². The molecule has 0 amide bonds. The number of carboxylic acid groups (broad SMARTS) is 1. The lowest BCUT2D eigenvalue weighted by Gasteiger charge is -2.12. The first-order valence-electron chi connectivity index (χ1n) is 7.50. The Hall–Kier alpha value is -2.20. The van der Waals surface area contributed by atoms with E-state index in [-0.39, 0.29) is 5.56 Å². The molecule has 0 aromatic heterocycles. The van der Waals surface area contributed by atoms with Gasteiger partial charge in [-0.2, -0.15) is 0 Å². The maximum atomic E-state index is 11.0. The molecule has 0 saturated heterocycles.